The van der Waals surface area contributed by atoms with Gasteiger partial charge in [-0.3, -0.25) is 9.59 Å². The predicted molar refractivity (Wildman–Crippen MR) is 122 cm³/mol. The summed E-state index contributed by atoms with van der Waals surface area (Å²) in [5.74, 6) is 2.46. The lowest BCUT2D eigenvalue weighted by Gasteiger charge is -2.27. The smallest absolute Gasteiger partial charge is 0.246 e. The van der Waals surface area contributed by atoms with Crippen LogP contribution in [0.1, 0.15) is 18.4 Å². The highest BCUT2D eigenvalue weighted by Gasteiger charge is 2.22. The van der Waals surface area contributed by atoms with Crippen LogP contribution in [-0.4, -0.2) is 83.8 Å². The molecule has 0 aliphatic carbocycles. The minimum absolute atomic E-state index is 0.0865. The molecule has 158 valence electrons. The molecule has 1 aromatic carbocycles. The molecule has 0 radical (unpaired) electrons. The van der Waals surface area contributed by atoms with Crippen LogP contribution in [0.25, 0.3) is 6.08 Å². The van der Waals surface area contributed by atoms with E-state index < -0.39 is 0 Å². The van der Waals surface area contributed by atoms with Crippen LogP contribution in [0.4, 0.5) is 0 Å². The summed E-state index contributed by atoms with van der Waals surface area (Å²) in [4.78, 5) is 31.1. The third kappa shape index (κ3) is 6.92. The van der Waals surface area contributed by atoms with Crippen molar-refractivity contribution in [1.82, 2.24) is 14.7 Å². The second-order valence-electron chi connectivity index (χ2n) is 7.27. The standard InChI is InChI=1S/C21H27Cl2N3O2S/c22-18-4-2-17(16-19(18)23)3-5-20(27)26-9-6-21(28)25(10-11-26)8-1-7-24-12-14-29-15-13-24/h2-5,16H,1,6-15H2. The summed E-state index contributed by atoms with van der Waals surface area (Å²) in [6, 6.07) is 5.24. The molecule has 0 atom stereocenters. The molecule has 2 fully saturated rings. The second kappa shape index (κ2) is 11.3. The Morgan fingerprint density at radius 2 is 1.83 bits per heavy atom. The van der Waals surface area contributed by atoms with Crippen LogP contribution in [0.15, 0.2) is 24.3 Å². The van der Waals surface area contributed by atoms with Gasteiger partial charge in [0, 0.05) is 63.3 Å². The number of hydrogen-bond acceptors (Lipinski definition) is 4. The predicted octanol–water partition coefficient (Wildman–Crippen LogP) is 3.51. The second-order valence-corrected chi connectivity index (χ2v) is 9.31. The van der Waals surface area contributed by atoms with Gasteiger partial charge in [0.1, 0.15) is 0 Å². The van der Waals surface area contributed by atoms with Crippen molar-refractivity contribution in [1.29, 1.82) is 0 Å². The fraction of sp³-hybridized carbons (Fsp3) is 0.524. The maximum Gasteiger partial charge on any atom is 0.246 e. The molecule has 2 aliphatic rings. The summed E-state index contributed by atoms with van der Waals surface area (Å²) in [6.45, 7) is 5.72. The van der Waals surface area contributed by atoms with E-state index in [9.17, 15) is 9.59 Å². The molecule has 0 unspecified atom stereocenters. The van der Waals surface area contributed by atoms with E-state index in [4.69, 9.17) is 23.2 Å². The van der Waals surface area contributed by atoms with Crippen molar-refractivity contribution in [3.05, 3.63) is 39.9 Å². The average Bonchev–Trinajstić information content (AvgIpc) is 2.91. The van der Waals surface area contributed by atoms with Crippen LogP contribution in [0, 0.1) is 0 Å². The van der Waals surface area contributed by atoms with Gasteiger partial charge in [-0.05, 0) is 36.7 Å². The van der Waals surface area contributed by atoms with Crippen LogP contribution >= 0.6 is 35.0 Å². The first-order valence-corrected chi connectivity index (χ1v) is 11.9. The van der Waals surface area contributed by atoms with E-state index in [-0.39, 0.29) is 11.8 Å². The summed E-state index contributed by atoms with van der Waals surface area (Å²) < 4.78 is 0. The normalized spacial score (nSPS) is 19.0. The van der Waals surface area contributed by atoms with Crippen LogP contribution < -0.4 is 0 Å². The number of thioether (sulfide) groups is 1. The van der Waals surface area contributed by atoms with Crippen molar-refractivity contribution < 1.29 is 9.59 Å². The van der Waals surface area contributed by atoms with E-state index in [1.54, 1.807) is 23.1 Å². The molecule has 2 heterocycles. The highest BCUT2D eigenvalue weighted by atomic mass is 35.5. The quantitative estimate of drug-likeness (QED) is 0.615. The zero-order valence-electron chi connectivity index (χ0n) is 16.5. The van der Waals surface area contributed by atoms with Crippen molar-refractivity contribution in [3.8, 4) is 0 Å². The van der Waals surface area contributed by atoms with E-state index in [2.05, 4.69) is 4.90 Å². The van der Waals surface area contributed by atoms with Gasteiger partial charge < -0.3 is 14.7 Å². The highest BCUT2D eigenvalue weighted by Crippen LogP contribution is 2.23. The number of hydrogen-bond donors (Lipinski definition) is 0. The lowest BCUT2D eigenvalue weighted by atomic mass is 10.2. The summed E-state index contributed by atoms with van der Waals surface area (Å²) in [5.41, 5.74) is 0.816. The maximum atomic E-state index is 12.6. The molecule has 8 heteroatoms. The van der Waals surface area contributed by atoms with Crippen LogP contribution in [-0.2, 0) is 9.59 Å². The van der Waals surface area contributed by atoms with Gasteiger partial charge in [-0.2, -0.15) is 11.8 Å². The van der Waals surface area contributed by atoms with Gasteiger partial charge in [0.25, 0.3) is 0 Å². The van der Waals surface area contributed by atoms with E-state index in [1.807, 2.05) is 22.7 Å². The van der Waals surface area contributed by atoms with Crippen molar-refractivity contribution in [3.63, 3.8) is 0 Å². The summed E-state index contributed by atoms with van der Waals surface area (Å²) in [7, 11) is 0. The molecule has 0 spiro atoms. The maximum absolute atomic E-state index is 12.6. The van der Waals surface area contributed by atoms with Crippen LogP contribution in [0.2, 0.25) is 10.0 Å². The topological polar surface area (TPSA) is 43.9 Å². The first-order chi connectivity index (χ1) is 14.0. The third-order valence-electron chi connectivity index (χ3n) is 5.27. The molecule has 5 nitrogen and oxygen atoms in total. The molecular formula is C21H27Cl2N3O2S. The number of carbonyl (C=O) groups excluding carboxylic acids is 2. The van der Waals surface area contributed by atoms with E-state index in [0.717, 1.165) is 38.2 Å². The molecule has 0 aromatic heterocycles. The van der Waals surface area contributed by atoms with Crippen molar-refractivity contribution >= 4 is 52.9 Å². The molecule has 2 amide bonds. The van der Waals surface area contributed by atoms with E-state index >= 15 is 0 Å². The first kappa shape index (κ1) is 22.5. The zero-order valence-corrected chi connectivity index (χ0v) is 18.8. The molecule has 0 N–H and O–H groups in total. The molecule has 0 saturated carbocycles. The monoisotopic (exact) mass is 455 g/mol. The molecule has 3 rings (SSSR count). The minimum atomic E-state index is -0.0865. The fourth-order valence-corrected chi connectivity index (χ4v) is 4.81. The van der Waals surface area contributed by atoms with Gasteiger partial charge in [-0.1, -0.05) is 29.3 Å². The molecule has 0 bridgehead atoms. The number of benzene rings is 1. The van der Waals surface area contributed by atoms with Gasteiger partial charge in [0.15, 0.2) is 0 Å². The Bertz CT molecular complexity index is 753. The van der Waals surface area contributed by atoms with Crippen LogP contribution in [0.5, 0.6) is 0 Å². The van der Waals surface area contributed by atoms with Gasteiger partial charge in [0.2, 0.25) is 11.8 Å². The summed E-state index contributed by atoms with van der Waals surface area (Å²) in [6.07, 6.45) is 4.63. The Kier molecular flexibility index (Phi) is 8.72. The third-order valence-corrected chi connectivity index (χ3v) is 6.95. The summed E-state index contributed by atoms with van der Waals surface area (Å²) in [5, 5.41) is 0.945. The largest absolute Gasteiger partial charge is 0.341 e. The number of carbonyl (C=O) groups is 2. The number of rotatable bonds is 6. The summed E-state index contributed by atoms with van der Waals surface area (Å²) >= 11 is 13.9. The lowest BCUT2D eigenvalue weighted by molar-refractivity contribution is -0.130. The molecule has 2 saturated heterocycles. The van der Waals surface area contributed by atoms with Gasteiger partial charge in [0.05, 0.1) is 10.0 Å². The van der Waals surface area contributed by atoms with Crippen molar-refractivity contribution in [2.75, 3.05) is 57.3 Å². The van der Waals surface area contributed by atoms with Crippen LogP contribution in [0.3, 0.4) is 0 Å². The SMILES string of the molecule is O=C(C=Cc1ccc(Cl)c(Cl)c1)N1CCC(=O)N(CCCN2CCSCC2)CC1. The Morgan fingerprint density at radius 3 is 2.59 bits per heavy atom. The van der Waals surface area contributed by atoms with Gasteiger partial charge >= 0.3 is 0 Å². The van der Waals surface area contributed by atoms with Crippen molar-refractivity contribution in [2.45, 2.75) is 12.8 Å². The Labute approximate surface area is 187 Å². The van der Waals surface area contributed by atoms with Gasteiger partial charge in [-0.15, -0.1) is 0 Å². The minimum Gasteiger partial charge on any atom is -0.341 e. The number of halogens is 2. The molecule has 2 aliphatic heterocycles. The highest BCUT2D eigenvalue weighted by molar-refractivity contribution is 7.99. The van der Waals surface area contributed by atoms with E-state index in [1.165, 1.54) is 17.6 Å². The Hall–Kier alpha value is -1.21. The Morgan fingerprint density at radius 1 is 1.03 bits per heavy atom. The van der Waals surface area contributed by atoms with Crippen molar-refractivity contribution in [2.24, 2.45) is 0 Å². The van der Waals surface area contributed by atoms with Gasteiger partial charge in [-0.25, -0.2) is 0 Å². The molecule has 29 heavy (non-hydrogen) atoms. The molecule has 1 aromatic rings. The zero-order chi connectivity index (χ0) is 20.6. The number of nitrogens with zero attached hydrogens (tertiary/aromatic N) is 3. The Balaban J connectivity index is 1.47. The number of amides is 2. The molecular weight excluding hydrogens is 429 g/mol. The fourth-order valence-electron chi connectivity index (χ4n) is 3.52. The average molecular weight is 456 g/mol. The first-order valence-electron chi connectivity index (χ1n) is 10.0. The van der Waals surface area contributed by atoms with E-state index in [0.29, 0.717) is 36.1 Å². The lowest BCUT2D eigenvalue weighted by Crippen LogP contribution is -2.38.